The van der Waals surface area contributed by atoms with Crippen LogP contribution in [0.3, 0.4) is 0 Å². The van der Waals surface area contributed by atoms with Crippen LogP contribution in [0.5, 0.6) is 11.5 Å². The summed E-state index contributed by atoms with van der Waals surface area (Å²) in [7, 11) is 0. The Kier molecular flexibility index (Phi) is 4.99. The first-order chi connectivity index (χ1) is 14.4. The quantitative estimate of drug-likeness (QED) is 0.647. The Morgan fingerprint density at radius 2 is 1.20 bits per heavy atom. The first-order valence-electron chi connectivity index (χ1n) is 9.10. The van der Waals surface area contributed by atoms with Crippen LogP contribution in [0, 0.1) is 0 Å². The number of carbonyl (C=O) groups is 1. The molecule has 4 rings (SSSR count). The van der Waals surface area contributed by atoms with E-state index in [1.807, 2.05) is 17.4 Å². The zero-order chi connectivity index (χ0) is 21.2. The Bertz CT molecular complexity index is 962. The molecule has 0 radical (unpaired) electrons. The molecule has 0 atom stereocenters. The topological polar surface area (TPSA) is 59.6 Å². The lowest BCUT2D eigenvalue weighted by atomic mass is 9.99. The fourth-order valence-corrected chi connectivity index (χ4v) is 3.15. The highest BCUT2D eigenvalue weighted by Crippen LogP contribution is 2.44. The minimum atomic E-state index is -5.03. The molecule has 8 heteroatoms. The van der Waals surface area contributed by atoms with E-state index in [-0.39, 0.29) is 11.5 Å². The maximum Gasteiger partial charge on any atom is 0.492 e. The number of rotatable bonds is 4. The number of hydrogen-bond donors (Lipinski definition) is 2. The van der Waals surface area contributed by atoms with Gasteiger partial charge < -0.3 is 14.8 Å². The zero-order valence-corrected chi connectivity index (χ0v) is 15.5. The normalized spacial score (nSPS) is 14.4. The van der Waals surface area contributed by atoms with E-state index in [0.717, 1.165) is 0 Å². The molecule has 1 aliphatic rings. The van der Waals surface area contributed by atoms with E-state index in [1.165, 1.54) is 24.3 Å². The molecule has 0 spiro atoms. The molecule has 3 aromatic rings. The summed E-state index contributed by atoms with van der Waals surface area (Å²) >= 11 is 0. The maximum absolute atomic E-state index is 13.8. The molecule has 0 saturated carbocycles. The summed E-state index contributed by atoms with van der Waals surface area (Å²) in [6, 6.07) is 21.7. The molecule has 2 N–H and O–H groups in total. The fraction of sp³-hybridized carbons (Fsp3) is 0.136. The SMILES string of the molecule is O=C(NC(c1ccccc1)c1ccccc1)NC1(C(F)(F)F)Oc2ccccc2O1. The van der Waals surface area contributed by atoms with Gasteiger partial charge in [-0.25, -0.2) is 4.79 Å². The van der Waals surface area contributed by atoms with Crippen molar-refractivity contribution in [3.63, 3.8) is 0 Å². The van der Waals surface area contributed by atoms with Crippen molar-refractivity contribution in [3.05, 3.63) is 96.1 Å². The molecule has 0 bridgehead atoms. The highest BCUT2D eigenvalue weighted by Gasteiger charge is 2.65. The van der Waals surface area contributed by atoms with E-state index in [0.29, 0.717) is 11.1 Å². The molecule has 2 amide bonds. The van der Waals surface area contributed by atoms with Crippen molar-refractivity contribution in [2.45, 2.75) is 18.1 Å². The first-order valence-corrected chi connectivity index (χ1v) is 9.10. The molecule has 154 valence electrons. The van der Waals surface area contributed by atoms with E-state index in [4.69, 9.17) is 9.47 Å². The molecule has 0 saturated heterocycles. The van der Waals surface area contributed by atoms with Gasteiger partial charge in [0.05, 0.1) is 6.04 Å². The minimum absolute atomic E-state index is 0.113. The van der Waals surface area contributed by atoms with Gasteiger partial charge in [-0.2, -0.15) is 13.2 Å². The molecule has 3 aromatic carbocycles. The second-order valence-electron chi connectivity index (χ2n) is 6.62. The van der Waals surface area contributed by atoms with Gasteiger partial charge in [-0.05, 0) is 23.3 Å². The monoisotopic (exact) mass is 414 g/mol. The average Bonchev–Trinajstić information content (AvgIpc) is 3.12. The number of halogens is 3. The molecule has 0 fully saturated rings. The molecular weight excluding hydrogens is 397 g/mol. The summed E-state index contributed by atoms with van der Waals surface area (Å²) in [4.78, 5) is 12.7. The second-order valence-corrected chi connectivity index (χ2v) is 6.62. The number of fused-ring (bicyclic) bond motifs is 1. The van der Waals surface area contributed by atoms with Gasteiger partial charge in [0.1, 0.15) is 0 Å². The standard InChI is InChI=1S/C22H17F3N2O3/c23-21(24,25)22(29-17-13-7-8-14-18(17)30-22)27-20(28)26-19(15-9-3-1-4-10-15)16-11-5-2-6-12-16/h1-14,19H,(H2,26,27,28). The molecule has 5 nitrogen and oxygen atoms in total. The van der Waals surface area contributed by atoms with Crippen LogP contribution in [-0.2, 0) is 0 Å². The van der Waals surface area contributed by atoms with E-state index >= 15 is 0 Å². The maximum atomic E-state index is 13.8. The van der Waals surface area contributed by atoms with Crippen molar-refractivity contribution >= 4 is 6.03 Å². The van der Waals surface area contributed by atoms with Gasteiger partial charge in [-0.15, -0.1) is 0 Å². The van der Waals surface area contributed by atoms with Gasteiger partial charge in [0.15, 0.2) is 11.5 Å². The zero-order valence-electron chi connectivity index (χ0n) is 15.5. The van der Waals surface area contributed by atoms with Crippen LogP contribution in [0.2, 0.25) is 0 Å². The van der Waals surface area contributed by atoms with Crippen molar-refractivity contribution in [1.29, 1.82) is 0 Å². The van der Waals surface area contributed by atoms with Crippen molar-refractivity contribution < 1.29 is 27.4 Å². The lowest BCUT2D eigenvalue weighted by molar-refractivity contribution is -0.317. The number of urea groups is 1. The van der Waals surface area contributed by atoms with Crippen LogP contribution >= 0.6 is 0 Å². The predicted molar refractivity (Wildman–Crippen MR) is 103 cm³/mol. The number of benzene rings is 3. The number of nitrogens with one attached hydrogen (secondary N) is 2. The number of alkyl halides is 3. The van der Waals surface area contributed by atoms with Crippen molar-refractivity contribution in [3.8, 4) is 11.5 Å². The first kappa shape index (κ1) is 19.6. The second kappa shape index (κ2) is 7.62. The third-order valence-electron chi connectivity index (χ3n) is 4.55. The third kappa shape index (κ3) is 3.76. The Morgan fingerprint density at radius 3 is 1.63 bits per heavy atom. The van der Waals surface area contributed by atoms with Gasteiger partial charge in [-0.3, -0.25) is 5.32 Å². The van der Waals surface area contributed by atoms with Gasteiger partial charge in [0.25, 0.3) is 0 Å². The molecular formula is C22H17F3N2O3. The van der Waals surface area contributed by atoms with Gasteiger partial charge >= 0.3 is 18.1 Å². The Labute approximate surface area is 170 Å². The van der Waals surface area contributed by atoms with E-state index in [1.54, 1.807) is 48.5 Å². The largest absolute Gasteiger partial charge is 0.492 e. The summed E-state index contributed by atoms with van der Waals surface area (Å²) in [6.07, 6.45) is -5.03. The van der Waals surface area contributed by atoms with Crippen molar-refractivity contribution in [2.24, 2.45) is 0 Å². The van der Waals surface area contributed by atoms with E-state index in [2.05, 4.69) is 5.32 Å². The molecule has 0 unspecified atom stereocenters. The van der Waals surface area contributed by atoms with Crippen LogP contribution in [0.25, 0.3) is 0 Å². The van der Waals surface area contributed by atoms with E-state index < -0.39 is 24.2 Å². The number of para-hydroxylation sites is 2. The smallest absolute Gasteiger partial charge is 0.424 e. The van der Waals surface area contributed by atoms with Crippen LogP contribution in [0.4, 0.5) is 18.0 Å². The Morgan fingerprint density at radius 1 is 0.767 bits per heavy atom. The summed E-state index contributed by atoms with van der Waals surface area (Å²) in [5, 5.41) is 4.42. The lowest BCUT2D eigenvalue weighted by Crippen LogP contribution is -2.66. The summed E-state index contributed by atoms with van der Waals surface area (Å²) in [5.41, 5.74) is 1.41. The highest BCUT2D eigenvalue weighted by atomic mass is 19.4. The molecule has 1 aliphatic heterocycles. The highest BCUT2D eigenvalue weighted by molar-refractivity contribution is 5.76. The molecule has 0 aliphatic carbocycles. The summed E-state index contributed by atoms with van der Waals surface area (Å²) in [6.45, 7) is 0. The summed E-state index contributed by atoms with van der Waals surface area (Å²) in [5.74, 6) is -3.55. The number of hydrogen-bond acceptors (Lipinski definition) is 3. The van der Waals surface area contributed by atoms with Crippen molar-refractivity contribution in [1.82, 2.24) is 10.6 Å². The van der Waals surface area contributed by atoms with Crippen LogP contribution in [0.15, 0.2) is 84.9 Å². The van der Waals surface area contributed by atoms with Crippen LogP contribution < -0.4 is 20.1 Å². The van der Waals surface area contributed by atoms with Gasteiger partial charge in [0, 0.05) is 0 Å². The number of carbonyl (C=O) groups excluding carboxylic acids is 1. The molecule has 1 heterocycles. The van der Waals surface area contributed by atoms with Gasteiger partial charge in [-0.1, -0.05) is 72.8 Å². The van der Waals surface area contributed by atoms with Crippen LogP contribution in [-0.4, -0.2) is 18.1 Å². The molecule has 0 aromatic heterocycles. The Balaban J connectivity index is 1.60. The average molecular weight is 414 g/mol. The van der Waals surface area contributed by atoms with Gasteiger partial charge in [0.2, 0.25) is 0 Å². The van der Waals surface area contributed by atoms with Crippen LogP contribution in [0.1, 0.15) is 17.2 Å². The fourth-order valence-electron chi connectivity index (χ4n) is 3.15. The number of amides is 2. The lowest BCUT2D eigenvalue weighted by Gasteiger charge is -2.30. The summed E-state index contributed by atoms with van der Waals surface area (Å²) < 4.78 is 51.5. The minimum Gasteiger partial charge on any atom is -0.424 e. The molecule has 30 heavy (non-hydrogen) atoms. The third-order valence-corrected chi connectivity index (χ3v) is 4.55. The predicted octanol–water partition coefficient (Wildman–Crippen LogP) is 4.76. The number of ether oxygens (including phenoxy) is 2. The van der Waals surface area contributed by atoms with E-state index in [9.17, 15) is 18.0 Å². The Hall–Kier alpha value is -3.68. The van der Waals surface area contributed by atoms with Crippen molar-refractivity contribution in [2.75, 3.05) is 0 Å².